The van der Waals surface area contributed by atoms with Crippen molar-refractivity contribution in [3.63, 3.8) is 0 Å². The van der Waals surface area contributed by atoms with E-state index in [0.29, 0.717) is 0 Å². The maximum absolute atomic E-state index is 4.01. The summed E-state index contributed by atoms with van der Waals surface area (Å²) in [7, 11) is 2.03. The molecule has 0 radical (unpaired) electrons. The summed E-state index contributed by atoms with van der Waals surface area (Å²) >= 11 is 0. The summed E-state index contributed by atoms with van der Waals surface area (Å²) in [6, 6.07) is 0.785. The molecule has 1 N–H and O–H groups in total. The zero-order chi connectivity index (χ0) is 10.4. The molecule has 0 amide bonds. The highest BCUT2D eigenvalue weighted by atomic mass is 15.2. The van der Waals surface area contributed by atoms with Gasteiger partial charge in [-0.05, 0) is 46.3 Å². The summed E-state index contributed by atoms with van der Waals surface area (Å²) in [6.45, 7) is 9.63. The van der Waals surface area contributed by atoms with Crippen LogP contribution < -0.4 is 5.32 Å². The number of hydrogen-bond donors (Lipinski definition) is 1. The van der Waals surface area contributed by atoms with Gasteiger partial charge < -0.3 is 5.32 Å². The molecule has 2 nitrogen and oxygen atoms in total. The summed E-state index contributed by atoms with van der Waals surface area (Å²) in [6.07, 6.45) is 5.42. The van der Waals surface area contributed by atoms with Crippen molar-refractivity contribution in [1.82, 2.24) is 10.2 Å². The molecule has 0 aromatic rings. The number of likely N-dealkylation sites (tertiary alicyclic amines) is 1. The summed E-state index contributed by atoms with van der Waals surface area (Å²) in [5, 5.41) is 3.24. The monoisotopic (exact) mass is 196 g/mol. The van der Waals surface area contributed by atoms with Crippen LogP contribution in [0.5, 0.6) is 0 Å². The SMILES string of the molecule is C=C(C)CN1CCCCC1CCNC. The van der Waals surface area contributed by atoms with E-state index in [0.717, 1.165) is 19.1 Å². The molecule has 1 heterocycles. The Morgan fingerprint density at radius 2 is 2.29 bits per heavy atom. The Morgan fingerprint density at radius 1 is 1.50 bits per heavy atom. The van der Waals surface area contributed by atoms with Gasteiger partial charge in [0, 0.05) is 12.6 Å². The second-order valence-corrected chi connectivity index (χ2v) is 4.47. The topological polar surface area (TPSA) is 15.3 Å². The Balaban J connectivity index is 2.37. The van der Waals surface area contributed by atoms with E-state index in [4.69, 9.17) is 0 Å². The van der Waals surface area contributed by atoms with Crippen molar-refractivity contribution < 1.29 is 0 Å². The number of rotatable bonds is 5. The minimum atomic E-state index is 0.785. The van der Waals surface area contributed by atoms with Gasteiger partial charge in [0.1, 0.15) is 0 Å². The molecule has 0 spiro atoms. The van der Waals surface area contributed by atoms with Crippen LogP contribution in [0, 0.1) is 0 Å². The van der Waals surface area contributed by atoms with Crippen molar-refractivity contribution in [3.8, 4) is 0 Å². The van der Waals surface area contributed by atoms with E-state index >= 15 is 0 Å². The predicted octanol–water partition coefficient (Wildman–Crippen LogP) is 2.03. The summed E-state index contributed by atoms with van der Waals surface area (Å²) in [5.74, 6) is 0. The van der Waals surface area contributed by atoms with E-state index < -0.39 is 0 Å². The van der Waals surface area contributed by atoms with Gasteiger partial charge in [-0.3, -0.25) is 4.90 Å². The second kappa shape index (κ2) is 6.20. The first-order valence-corrected chi connectivity index (χ1v) is 5.77. The smallest absolute Gasteiger partial charge is 0.0190 e. The van der Waals surface area contributed by atoms with Gasteiger partial charge in [0.25, 0.3) is 0 Å². The van der Waals surface area contributed by atoms with E-state index in [-0.39, 0.29) is 0 Å². The fourth-order valence-corrected chi connectivity index (χ4v) is 2.25. The molecule has 1 rings (SSSR count). The summed E-state index contributed by atoms with van der Waals surface area (Å²) in [4.78, 5) is 2.60. The van der Waals surface area contributed by atoms with Gasteiger partial charge >= 0.3 is 0 Å². The molecule has 1 unspecified atom stereocenters. The van der Waals surface area contributed by atoms with Gasteiger partial charge in [0.2, 0.25) is 0 Å². The molecule has 1 aliphatic rings. The highest BCUT2D eigenvalue weighted by Crippen LogP contribution is 2.19. The van der Waals surface area contributed by atoms with Crippen LogP contribution in [0.15, 0.2) is 12.2 Å². The average molecular weight is 196 g/mol. The molecule has 1 aliphatic heterocycles. The first-order chi connectivity index (χ1) is 6.74. The molecule has 0 saturated carbocycles. The van der Waals surface area contributed by atoms with Gasteiger partial charge in [0.05, 0.1) is 0 Å². The molecule has 0 aromatic heterocycles. The molecule has 1 atom stereocenters. The lowest BCUT2D eigenvalue weighted by Gasteiger charge is -2.36. The van der Waals surface area contributed by atoms with Gasteiger partial charge in [-0.2, -0.15) is 0 Å². The minimum absolute atomic E-state index is 0.785. The van der Waals surface area contributed by atoms with Crippen molar-refractivity contribution in [2.24, 2.45) is 0 Å². The predicted molar refractivity (Wildman–Crippen MR) is 62.6 cm³/mol. The molecule has 0 aromatic carbocycles. The first-order valence-electron chi connectivity index (χ1n) is 5.77. The van der Waals surface area contributed by atoms with E-state index in [2.05, 4.69) is 23.7 Å². The van der Waals surface area contributed by atoms with Gasteiger partial charge in [-0.1, -0.05) is 18.6 Å². The largest absolute Gasteiger partial charge is 0.320 e. The van der Waals surface area contributed by atoms with E-state index in [9.17, 15) is 0 Å². The zero-order valence-electron chi connectivity index (χ0n) is 9.68. The Labute approximate surface area is 88.4 Å². The van der Waals surface area contributed by atoms with E-state index in [1.54, 1.807) is 0 Å². The Bertz CT molecular complexity index is 177. The molecular weight excluding hydrogens is 172 g/mol. The Kier molecular flexibility index (Phi) is 5.20. The maximum atomic E-state index is 4.01. The van der Waals surface area contributed by atoms with Gasteiger partial charge in [0.15, 0.2) is 0 Å². The van der Waals surface area contributed by atoms with Crippen molar-refractivity contribution in [3.05, 3.63) is 12.2 Å². The van der Waals surface area contributed by atoms with Crippen molar-refractivity contribution >= 4 is 0 Å². The van der Waals surface area contributed by atoms with Crippen LogP contribution in [0.3, 0.4) is 0 Å². The number of hydrogen-bond acceptors (Lipinski definition) is 2. The van der Waals surface area contributed by atoms with Crippen LogP contribution in [-0.2, 0) is 0 Å². The molecular formula is C12H24N2. The quantitative estimate of drug-likeness (QED) is 0.677. The number of piperidine rings is 1. The van der Waals surface area contributed by atoms with Crippen LogP contribution in [0.1, 0.15) is 32.6 Å². The van der Waals surface area contributed by atoms with Gasteiger partial charge in [-0.25, -0.2) is 0 Å². The van der Waals surface area contributed by atoms with Crippen LogP contribution in [0.2, 0.25) is 0 Å². The molecule has 0 bridgehead atoms. The second-order valence-electron chi connectivity index (χ2n) is 4.47. The lowest BCUT2D eigenvalue weighted by atomic mass is 9.99. The summed E-state index contributed by atoms with van der Waals surface area (Å²) in [5.41, 5.74) is 1.29. The van der Waals surface area contributed by atoms with Crippen LogP contribution in [-0.4, -0.2) is 37.6 Å². The Hall–Kier alpha value is -0.340. The van der Waals surface area contributed by atoms with Crippen molar-refractivity contribution in [2.45, 2.75) is 38.6 Å². The highest BCUT2D eigenvalue weighted by Gasteiger charge is 2.21. The fourth-order valence-electron chi connectivity index (χ4n) is 2.25. The molecule has 2 heteroatoms. The number of nitrogens with zero attached hydrogens (tertiary/aromatic N) is 1. The molecule has 0 aliphatic carbocycles. The third-order valence-corrected chi connectivity index (χ3v) is 2.95. The van der Waals surface area contributed by atoms with Crippen molar-refractivity contribution in [2.75, 3.05) is 26.7 Å². The number of nitrogens with one attached hydrogen (secondary N) is 1. The molecule has 14 heavy (non-hydrogen) atoms. The molecule has 1 saturated heterocycles. The van der Waals surface area contributed by atoms with Crippen LogP contribution in [0.25, 0.3) is 0 Å². The minimum Gasteiger partial charge on any atom is -0.320 e. The van der Waals surface area contributed by atoms with Crippen LogP contribution in [0.4, 0.5) is 0 Å². The summed E-state index contributed by atoms with van der Waals surface area (Å²) < 4.78 is 0. The normalized spacial score (nSPS) is 23.7. The lowest BCUT2D eigenvalue weighted by Crippen LogP contribution is -2.41. The lowest BCUT2D eigenvalue weighted by molar-refractivity contribution is 0.153. The maximum Gasteiger partial charge on any atom is 0.0190 e. The molecule has 1 fully saturated rings. The fraction of sp³-hybridized carbons (Fsp3) is 0.833. The molecule has 82 valence electrons. The van der Waals surface area contributed by atoms with Crippen molar-refractivity contribution in [1.29, 1.82) is 0 Å². The third-order valence-electron chi connectivity index (χ3n) is 2.95. The first kappa shape index (κ1) is 11.7. The van der Waals surface area contributed by atoms with Crippen LogP contribution >= 0.6 is 0 Å². The Morgan fingerprint density at radius 3 is 2.93 bits per heavy atom. The van der Waals surface area contributed by atoms with E-state index in [1.165, 1.54) is 37.8 Å². The standard InChI is InChI=1S/C12H24N2/c1-11(2)10-14-9-5-4-6-12(14)7-8-13-3/h12-13H,1,4-10H2,2-3H3. The zero-order valence-corrected chi connectivity index (χ0v) is 9.68. The van der Waals surface area contributed by atoms with E-state index in [1.807, 2.05) is 7.05 Å². The van der Waals surface area contributed by atoms with Gasteiger partial charge in [-0.15, -0.1) is 0 Å². The average Bonchev–Trinajstić information content (AvgIpc) is 2.16. The highest BCUT2D eigenvalue weighted by molar-refractivity contribution is 4.94. The third kappa shape index (κ3) is 3.81.